The first kappa shape index (κ1) is 12.4. The Bertz CT molecular complexity index is 533. The number of aliphatic imine (C=N–C) groups is 1. The van der Waals surface area contributed by atoms with E-state index in [9.17, 15) is 10.1 Å². The van der Waals surface area contributed by atoms with Gasteiger partial charge in [0.1, 0.15) is 0 Å². The molecule has 0 saturated carbocycles. The summed E-state index contributed by atoms with van der Waals surface area (Å²) in [6, 6.07) is 10.5. The molecule has 18 heavy (non-hydrogen) atoms. The number of non-ortho nitro benzene ring substituents is 1. The molecule has 0 unspecified atom stereocenters. The molecule has 0 radical (unpaired) electrons. The lowest BCUT2D eigenvalue weighted by molar-refractivity contribution is -0.384. The van der Waals surface area contributed by atoms with Crippen LogP contribution in [0.15, 0.2) is 46.8 Å². The fraction of sp³-hybridized carbons (Fsp3) is 0.154. The van der Waals surface area contributed by atoms with E-state index < -0.39 is 4.92 Å². The molecule has 5 heteroatoms. The van der Waals surface area contributed by atoms with Crippen molar-refractivity contribution in [1.29, 1.82) is 0 Å². The molecule has 0 bridgehead atoms. The summed E-state index contributed by atoms with van der Waals surface area (Å²) in [5.74, 6) is 0. The van der Waals surface area contributed by atoms with Gasteiger partial charge in [0.2, 0.25) is 0 Å². The molecule has 0 aliphatic carbocycles. The molecule has 2 aromatic rings. The second-order valence-corrected chi connectivity index (χ2v) is 4.75. The molecule has 92 valence electrons. The Morgan fingerprint density at radius 3 is 2.67 bits per heavy atom. The van der Waals surface area contributed by atoms with Gasteiger partial charge < -0.3 is 0 Å². The lowest BCUT2D eigenvalue weighted by Gasteiger charge is -1.94. The van der Waals surface area contributed by atoms with Gasteiger partial charge in [-0.3, -0.25) is 15.1 Å². The molecule has 0 N–H and O–H groups in total. The van der Waals surface area contributed by atoms with Crippen molar-refractivity contribution in [3.8, 4) is 0 Å². The van der Waals surface area contributed by atoms with Crippen molar-refractivity contribution in [2.24, 2.45) is 4.99 Å². The van der Waals surface area contributed by atoms with Crippen molar-refractivity contribution >= 4 is 23.2 Å². The van der Waals surface area contributed by atoms with Gasteiger partial charge in [-0.25, -0.2) is 0 Å². The molecule has 1 aromatic carbocycles. The number of nitrogens with zero attached hydrogens (tertiary/aromatic N) is 2. The first-order chi connectivity index (χ1) is 8.75. The van der Waals surface area contributed by atoms with E-state index >= 15 is 0 Å². The number of thiophene rings is 1. The summed E-state index contributed by atoms with van der Waals surface area (Å²) in [7, 11) is 0. The second-order valence-electron chi connectivity index (χ2n) is 3.71. The zero-order valence-electron chi connectivity index (χ0n) is 9.65. The highest BCUT2D eigenvalue weighted by Crippen LogP contribution is 2.11. The summed E-state index contributed by atoms with van der Waals surface area (Å²) in [6.45, 7) is 0.734. The standard InChI is InChI=1S/C13H12N2O2S/c16-15(17)12-5-3-11(4-6-12)10-14-8-7-13-2-1-9-18-13/h1-6,9-10H,7-8H2. The van der Waals surface area contributed by atoms with E-state index in [2.05, 4.69) is 16.4 Å². The Morgan fingerprint density at radius 1 is 1.28 bits per heavy atom. The number of hydrogen-bond donors (Lipinski definition) is 0. The van der Waals surface area contributed by atoms with Gasteiger partial charge >= 0.3 is 0 Å². The third-order valence-electron chi connectivity index (χ3n) is 2.41. The first-order valence-corrected chi connectivity index (χ1v) is 6.40. The third-order valence-corrected chi connectivity index (χ3v) is 3.35. The average Bonchev–Trinajstić information content (AvgIpc) is 2.88. The highest BCUT2D eigenvalue weighted by Gasteiger charge is 2.02. The van der Waals surface area contributed by atoms with Crippen LogP contribution in [0.25, 0.3) is 0 Å². The van der Waals surface area contributed by atoms with Crippen molar-refractivity contribution in [2.45, 2.75) is 6.42 Å². The fourth-order valence-corrected chi connectivity index (χ4v) is 2.18. The molecule has 4 nitrogen and oxygen atoms in total. The summed E-state index contributed by atoms with van der Waals surface area (Å²) in [6.07, 6.45) is 2.68. The summed E-state index contributed by atoms with van der Waals surface area (Å²) >= 11 is 1.73. The molecule has 0 atom stereocenters. The minimum Gasteiger partial charge on any atom is -0.292 e. The number of hydrogen-bond acceptors (Lipinski definition) is 4. The Hall–Kier alpha value is -2.01. The Morgan fingerprint density at radius 2 is 2.06 bits per heavy atom. The van der Waals surface area contributed by atoms with Crippen LogP contribution in [0, 0.1) is 10.1 Å². The second kappa shape index (κ2) is 6.07. The van der Waals surface area contributed by atoms with Crippen LogP contribution in [0.2, 0.25) is 0 Å². The molecular weight excluding hydrogens is 248 g/mol. The van der Waals surface area contributed by atoms with E-state index in [1.54, 1.807) is 29.7 Å². The van der Waals surface area contributed by atoms with Crippen LogP contribution in [-0.2, 0) is 6.42 Å². The van der Waals surface area contributed by atoms with Crippen LogP contribution in [0.3, 0.4) is 0 Å². The van der Waals surface area contributed by atoms with Crippen molar-refractivity contribution in [2.75, 3.05) is 6.54 Å². The number of nitro groups is 1. The molecule has 0 amide bonds. The molecule has 0 aliphatic rings. The van der Waals surface area contributed by atoms with Gasteiger partial charge in [-0.05, 0) is 29.1 Å². The maximum absolute atomic E-state index is 10.5. The number of benzene rings is 1. The van der Waals surface area contributed by atoms with Crippen molar-refractivity contribution < 1.29 is 4.92 Å². The van der Waals surface area contributed by atoms with Crippen LogP contribution in [0.5, 0.6) is 0 Å². The molecule has 0 fully saturated rings. The summed E-state index contributed by atoms with van der Waals surface area (Å²) in [5, 5.41) is 12.5. The Balaban J connectivity index is 1.87. The van der Waals surface area contributed by atoms with E-state index in [4.69, 9.17) is 0 Å². The van der Waals surface area contributed by atoms with Gasteiger partial charge in [0, 0.05) is 36.2 Å². The average molecular weight is 260 g/mol. The molecule has 1 heterocycles. The molecule has 1 aromatic heterocycles. The number of nitro benzene ring substituents is 1. The number of rotatable bonds is 5. The predicted octanol–water partition coefficient (Wildman–Crippen LogP) is 3.32. The van der Waals surface area contributed by atoms with Crippen molar-refractivity contribution in [1.82, 2.24) is 0 Å². The molecule has 2 rings (SSSR count). The van der Waals surface area contributed by atoms with Gasteiger partial charge in [0.05, 0.1) is 4.92 Å². The minimum absolute atomic E-state index is 0.103. The largest absolute Gasteiger partial charge is 0.292 e. The highest BCUT2D eigenvalue weighted by atomic mass is 32.1. The lowest BCUT2D eigenvalue weighted by atomic mass is 10.2. The fourth-order valence-electron chi connectivity index (χ4n) is 1.48. The maximum atomic E-state index is 10.5. The SMILES string of the molecule is O=[N+]([O-])c1ccc(C=NCCc2cccs2)cc1. The molecular formula is C13H12N2O2S. The Kier molecular flexibility index (Phi) is 4.20. The minimum atomic E-state index is -0.405. The molecule has 0 spiro atoms. The third kappa shape index (κ3) is 3.49. The van der Waals surface area contributed by atoms with E-state index in [0.29, 0.717) is 0 Å². The molecule has 0 aliphatic heterocycles. The zero-order chi connectivity index (χ0) is 12.8. The van der Waals surface area contributed by atoms with Crippen LogP contribution in [0.4, 0.5) is 5.69 Å². The zero-order valence-corrected chi connectivity index (χ0v) is 10.5. The van der Waals surface area contributed by atoms with Crippen LogP contribution >= 0.6 is 11.3 Å². The molecule has 0 saturated heterocycles. The predicted molar refractivity (Wildman–Crippen MR) is 73.6 cm³/mol. The lowest BCUT2D eigenvalue weighted by Crippen LogP contribution is -1.90. The van der Waals surface area contributed by atoms with E-state index in [1.807, 2.05) is 6.07 Å². The normalized spacial score (nSPS) is 10.9. The van der Waals surface area contributed by atoms with Crippen LogP contribution < -0.4 is 0 Å². The first-order valence-electron chi connectivity index (χ1n) is 5.52. The van der Waals surface area contributed by atoms with Crippen molar-refractivity contribution in [3.05, 3.63) is 62.3 Å². The smallest absolute Gasteiger partial charge is 0.269 e. The van der Waals surface area contributed by atoms with Gasteiger partial charge in [0.25, 0.3) is 5.69 Å². The van der Waals surface area contributed by atoms with Gasteiger partial charge in [-0.1, -0.05) is 6.07 Å². The monoisotopic (exact) mass is 260 g/mol. The van der Waals surface area contributed by atoms with Crippen LogP contribution in [-0.4, -0.2) is 17.7 Å². The highest BCUT2D eigenvalue weighted by molar-refractivity contribution is 7.09. The van der Waals surface area contributed by atoms with Gasteiger partial charge in [0.15, 0.2) is 0 Å². The van der Waals surface area contributed by atoms with Crippen LogP contribution in [0.1, 0.15) is 10.4 Å². The van der Waals surface area contributed by atoms with E-state index in [0.717, 1.165) is 18.5 Å². The van der Waals surface area contributed by atoms with Crippen molar-refractivity contribution in [3.63, 3.8) is 0 Å². The summed E-state index contributed by atoms with van der Waals surface area (Å²) in [4.78, 5) is 15.7. The quantitative estimate of drug-likeness (QED) is 0.470. The Labute approximate surface area is 109 Å². The van der Waals surface area contributed by atoms with E-state index in [1.165, 1.54) is 17.0 Å². The topological polar surface area (TPSA) is 55.5 Å². The maximum Gasteiger partial charge on any atom is 0.269 e. The summed E-state index contributed by atoms with van der Waals surface area (Å²) < 4.78 is 0. The van der Waals surface area contributed by atoms with Gasteiger partial charge in [-0.2, -0.15) is 0 Å². The van der Waals surface area contributed by atoms with E-state index in [-0.39, 0.29) is 5.69 Å². The van der Waals surface area contributed by atoms with Gasteiger partial charge in [-0.15, -0.1) is 11.3 Å². The summed E-state index contributed by atoms with van der Waals surface area (Å²) in [5.41, 5.74) is 0.984.